The second kappa shape index (κ2) is 5.99. The van der Waals surface area contributed by atoms with Crippen LogP contribution in [0.3, 0.4) is 0 Å². The first kappa shape index (κ1) is 13.9. The van der Waals surface area contributed by atoms with Gasteiger partial charge in [-0.25, -0.2) is 0 Å². The lowest BCUT2D eigenvalue weighted by molar-refractivity contribution is 0.0705. The van der Waals surface area contributed by atoms with Gasteiger partial charge in [0.1, 0.15) is 0 Å². The van der Waals surface area contributed by atoms with Gasteiger partial charge in [0.15, 0.2) is 0 Å². The predicted octanol–water partition coefficient (Wildman–Crippen LogP) is 1.47. The van der Waals surface area contributed by atoms with Crippen molar-refractivity contribution >= 4 is 0 Å². The SMILES string of the molecule is CNC1(CO)CCCC(N(C)CC(C)C)C1. The van der Waals surface area contributed by atoms with Crippen molar-refractivity contribution in [3.63, 3.8) is 0 Å². The summed E-state index contributed by atoms with van der Waals surface area (Å²) in [6.07, 6.45) is 4.66. The summed E-state index contributed by atoms with van der Waals surface area (Å²) in [6.45, 7) is 5.93. The summed E-state index contributed by atoms with van der Waals surface area (Å²) in [5.41, 5.74) is -0.0336. The Bertz CT molecular complexity index is 202. The zero-order valence-electron chi connectivity index (χ0n) is 11.3. The minimum atomic E-state index is -0.0336. The molecule has 0 radical (unpaired) electrons. The van der Waals surface area contributed by atoms with Crippen LogP contribution in [-0.4, -0.2) is 48.8 Å². The maximum Gasteiger partial charge on any atom is 0.0613 e. The molecule has 0 amide bonds. The largest absolute Gasteiger partial charge is 0.394 e. The quantitative estimate of drug-likeness (QED) is 0.748. The van der Waals surface area contributed by atoms with Gasteiger partial charge in [-0.05, 0) is 45.7 Å². The highest BCUT2D eigenvalue weighted by atomic mass is 16.3. The highest BCUT2D eigenvalue weighted by molar-refractivity contribution is 4.95. The molecule has 2 N–H and O–H groups in total. The van der Waals surface area contributed by atoms with Crippen LogP contribution >= 0.6 is 0 Å². The average Bonchev–Trinajstić information content (AvgIpc) is 2.28. The molecule has 0 aromatic heterocycles. The van der Waals surface area contributed by atoms with E-state index in [0.717, 1.165) is 19.4 Å². The summed E-state index contributed by atoms with van der Waals surface area (Å²) in [5.74, 6) is 0.713. The zero-order chi connectivity index (χ0) is 12.2. The van der Waals surface area contributed by atoms with Crippen molar-refractivity contribution in [1.82, 2.24) is 10.2 Å². The number of aliphatic hydroxyl groups excluding tert-OH is 1. The van der Waals surface area contributed by atoms with Crippen LogP contribution in [0.15, 0.2) is 0 Å². The van der Waals surface area contributed by atoms with Gasteiger partial charge in [0.2, 0.25) is 0 Å². The van der Waals surface area contributed by atoms with Gasteiger partial charge in [-0.2, -0.15) is 0 Å². The fourth-order valence-electron chi connectivity index (χ4n) is 2.88. The van der Waals surface area contributed by atoms with E-state index in [4.69, 9.17) is 0 Å². The van der Waals surface area contributed by atoms with E-state index in [1.807, 2.05) is 7.05 Å². The molecule has 0 spiro atoms. The van der Waals surface area contributed by atoms with Crippen LogP contribution in [0.25, 0.3) is 0 Å². The van der Waals surface area contributed by atoms with Crippen LogP contribution in [0.2, 0.25) is 0 Å². The van der Waals surface area contributed by atoms with Gasteiger partial charge in [-0.3, -0.25) is 0 Å². The van der Waals surface area contributed by atoms with Crippen LogP contribution in [0.1, 0.15) is 39.5 Å². The molecular weight excluding hydrogens is 200 g/mol. The van der Waals surface area contributed by atoms with E-state index in [2.05, 4.69) is 31.1 Å². The first-order chi connectivity index (χ1) is 7.53. The lowest BCUT2D eigenvalue weighted by atomic mass is 9.79. The van der Waals surface area contributed by atoms with Crippen molar-refractivity contribution < 1.29 is 5.11 Å². The van der Waals surface area contributed by atoms with E-state index in [9.17, 15) is 5.11 Å². The van der Waals surface area contributed by atoms with Gasteiger partial charge in [-0.1, -0.05) is 13.8 Å². The third-order valence-electron chi connectivity index (χ3n) is 3.93. The molecular formula is C13H28N2O. The molecule has 0 saturated heterocycles. The number of rotatable bonds is 5. The van der Waals surface area contributed by atoms with Gasteiger partial charge in [0, 0.05) is 18.1 Å². The fourth-order valence-corrected chi connectivity index (χ4v) is 2.88. The maximum absolute atomic E-state index is 9.54. The first-order valence-corrected chi connectivity index (χ1v) is 6.53. The molecule has 1 aliphatic rings. The van der Waals surface area contributed by atoms with Gasteiger partial charge in [-0.15, -0.1) is 0 Å². The van der Waals surface area contributed by atoms with Crippen LogP contribution in [0.4, 0.5) is 0 Å². The Kier molecular flexibility index (Phi) is 5.22. The van der Waals surface area contributed by atoms with E-state index in [1.165, 1.54) is 12.8 Å². The Labute approximate surface area is 100 Å². The Morgan fingerprint density at radius 3 is 2.69 bits per heavy atom. The molecule has 1 rings (SSSR count). The lowest BCUT2D eigenvalue weighted by Gasteiger charge is -2.43. The molecule has 1 aliphatic carbocycles. The molecule has 0 heterocycles. The van der Waals surface area contributed by atoms with Crippen LogP contribution in [-0.2, 0) is 0 Å². The molecule has 1 fully saturated rings. The smallest absolute Gasteiger partial charge is 0.0613 e. The Morgan fingerprint density at radius 2 is 2.19 bits per heavy atom. The van der Waals surface area contributed by atoms with E-state index >= 15 is 0 Å². The molecule has 96 valence electrons. The third-order valence-corrected chi connectivity index (χ3v) is 3.93. The first-order valence-electron chi connectivity index (χ1n) is 6.53. The summed E-state index contributed by atoms with van der Waals surface area (Å²) < 4.78 is 0. The highest BCUT2D eigenvalue weighted by Crippen LogP contribution is 2.30. The van der Waals surface area contributed by atoms with Crippen molar-refractivity contribution in [3.8, 4) is 0 Å². The van der Waals surface area contributed by atoms with E-state index < -0.39 is 0 Å². The number of likely N-dealkylation sites (N-methyl/N-ethyl adjacent to an activating group) is 1. The number of nitrogens with zero attached hydrogens (tertiary/aromatic N) is 1. The Hall–Kier alpha value is -0.120. The number of hydrogen-bond acceptors (Lipinski definition) is 3. The molecule has 2 atom stereocenters. The molecule has 0 bridgehead atoms. The molecule has 0 aliphatic heterocycles. The average molecular weight is 228 g/mol. The van der Waals surface area contributed by atoms with Crippen molar-refractivity contribution in [3.05, 3.63) is 0 Å². The summed E-state index contributed by atoms with van der Waals surface area (Å²) in [7, 11) is 4.19. The number of nitrogens with one attached hydrogen (secondary N) is 1. The standard InChI is InChI=1S/C13H28N2O/c1-11(2)9-15(4)12-6-5-7-13(8-12,10-16)14-3/h11-12,14,16H,5-10H2,1-4H3. The zero-order valence-corrected chi connectivity index (χ0v) is 11.3. The third kappa shape index (κ3) is 3.44. The van der Waals surface area contributed by atoms with Crippen molar-refractivity contribution in [2.75, 3.05) is 27.2 Å². The second-order valence-corrected chi connectivity index (χ2v) is 5.77. The predicted molar refractivity (Wildman–Crippen MR) is 68.6 cm³/mol. The second-order valence-electron chi connectivity index (χ2n) is 5.77. The van der Waals surface area contributed by atoms with E-state index in [0.29, 0.717) is 12.0 Å². The van der Waals surface area contributed by atoms with Crippen LogP contribution in [0, 0.1) is 5.92 Å². The van der Waals surface area contributed by atoms with Crippen LogP contribution < -0.4 is 5.32 Å². The van der Waals surface area contributed by atoms with Gasteiger partial charge in [0.05, 0.1) is 6.61 Å². The lowest BCUT2D eigenvalue weighted by Crippen LogP contribution is -2.54. The molecule has 3 heteroatoms. The fraction of sp³-hybridized carbons (Fsp3) is 1.00. The normalized spacial score (nSPS) is 31.3. The summed E-state index contributed by atoms with van der Waals surface area (Å²) in [4.78, 5) is 2.46. The number of hydrogen-bond donors (Lipinski definition) is 2. The molecule has 0 aromatic carbocycles. The van der Waals surface area contributed by atoms with E-state index in [1.54, 1.807) is 0 Å². The molecule has 1 saturated carbocycles. The van der Waals surface area contributed by atoms with Crippen molar-refractivity contribution in [2.45, 2.75) is 51.1 Å². The van der Waals surface area contributed by atoms with Crippen molar-refractivity contribution in [2.24, 2.45) is 5.92 Å². The topological polar surface area (TPSA) is 35.5 Å². The van der Waals surface area contributed by atoms with Crippen molar-refractivity contribution in [1.29, 1.82) is 0 Å². The minimum Gasteiger partial charge on any atom is -0.394 e. The van der Waals surface area contributed by atoms with Gasteiger partial charge < -0.3 is 15.3 Å². The summed E-state index contributed by atoms with van der Waals surface area (Å²) >= 11 is 0. The van der Waals surface area contributed by atoms with Crippen LogP contribution in [0.5, 0.6) is 0 Å². The summed E-state index contributed by atoms with van der Waals surface area (Å²) in [5, 5.41) is 12.9. The molecule has 0 aromatic rings. The van der Waals surface area contributed by atoms with Gasteiger partial charge in [0.25, 0.3) is 0 Å². The number of aliphatic hydroxyl groups is 1. The van der Waals surface area contributed by atoms with Gasteiger partial charge >= 0.3 is 0 Å². The maximum atomic E-state index is 9.54. The minimum absolute atomic E-state index is 0.0336. The van der Waals surface area contributed by atoms with E-state index in [-0.39, 0.29) is 12.1 Å². The Morgan fingerprint density at radius 1 is 1.50 bits per heavy atom. The highest BCUT2D eigenvalue weighted by Gasteiger charge is 2.35. The molecule has 2 unspecified atom stereocenters. The monoisotopic (exact) mass is 228 g/mol. The Balaban J connectivity index is 2.55. The summed E-state index contributed by atoms with van der Waals surface area (Å²) in [6, 6.07) is 0.621. The molecule has 16 heavy (non-hydrogen) atoms. The molecule has 3 nitrogen and oxygen atoms in total.